The van der Waals surface area contributed by atoms with Crippen molar-refractivity contribution in [3.8, 4) is 5.88 Å². The van der Waals surface area contributed by atoms with E-state index in [0.717, 1.165) is 6.54 Å². The van der Waals surface area contributed by atoms with E-state index in [2.05, 4.69) is 20.4 Å². The molecule has 1 aromatic heterocycles. The highest BCUT2D eigenvalue weighted by molar-refractivity contribution is 7.80. The van der Waals surface area contributed by atoms with E-state index < -0.39 is 0 Å². The number of rotatable bonds is 4. The largest absolute Gasteiger partial charge is 0.480 e. The van der Waals surface area contributed by atoms with Gasteiger partial charge in [-0.1, -0.05) is 0 Å². The lowest BCUT2D eigenvalue weighted by Gasteiger charge is -2.15. The van der Waals surface area contributed by atoms with Crippen LogP contribution in [0.3, 0.4) is 0 Å². The molecule has 0 aromatic carbocycles. The number of ether oxygens (including phenoxy) is 1. The lowest BCUT2D eigenvalue weighted by molar-refractivity contribution is 0.395. The normalized spacial score (nSPS) is 10.9. The first-order chi connectivity index (χ1) is 8.58. The molecule has 0 aliphatic rings. The van der Waals surface area contributed by atoms with Gasteiger partial charge in [-0.05, 0) is 19.1 Å². The van der Waals surface area contributed by atoms with Crippen LogP contribution >= 0.6 is 12.2 Å². The van der Waals surface area contributed by atoms with Gasteiger partial charge in [-0.25, -0.2) is 9.99 Å². The first kappa shape index (κ1) is 14.1. The first-order valence-corrected chi connectivity index (χ1v) is 5.71. The second-order valence-corrected chi connectivity index (χ2v) is 3.68. The Morgan fingerprint density at radius 1 is 1.61 bits per heavy atom. The molecule has 0 aliphatic carbocycles. The highest BCUT2D eigenvalue weighted by Crippen LogP contribution is 2.03. The van der Waals surface area contributed by atoms with E-state index in [-0.39, 0.29) is 5.84 Å². The van der Waals surface area contributed by atoms with Crippen molar-refractivity contribution >= 4 is 23.2 Å². The minimum absolute atomic E-state index is 0.212. The number of aromatic nitrogens is 2. The van der Waals surface area contributed by atoms with Gasteiger partial charge in [0.25, 0.3) is 0 Å². The highest BCUT2D eigenvalue weighted by atomic mass is 32.1. The number of nitrogens with zero attached hydrogens (tertiary/aromatic N) is 4. The predicted molar refractivity (Wildman–Crippen MR) is 73.3 cm³/mol. The van der Waals surface area contributed by atoms with Gasteiger partial charge in [0, 0.05) is 13.6 Å². The number of hydrazone groups is 1. The summed E-state index contributed by atoms with van der Waals surface area (Å²) in [5, 5.41) is 9.02. The average molecular weight is 268 g/mol. The molecule has 1 aromatic rings. The lowest BCUT2D eigenvalue weighted by Crippen LogP contribution is -2.35. The molecule has 0 radical (unpaired) electrons. The molecule has 3 N–H and O–H groups in total. The van der Waals surface area contributed by atoms with Crippen molar-refractivity contribution in [1.82, 2.24) is 20.3 Å². The number of hydrogen-bond donors (Lipinski definition) is 2. The maximum Gasteiger partial charge on any atom is 0.232 e. The molecule has 0 aliphatic heterocycles. The van der Waals surface area contributed by atoms with Crippen LogP contribution in [0, 0.1) is 0 Å². The smallest absolute Gasteiger partial charge is 0.232 e. The molecule has 0 atom stereocenters. The van der Waals surface area contributed by atoms with Crippen molar-refractivity contribution in [3.05, 3.63) is 18.1 Å². The van der Waals surface area contributed by atoms with Crippen molar-refractivity contribution in [2.24, 2.45) is 10.8 Å². The minimum Gasteiger partial charge on any atom is -0.480 e. The monoisotopic (exact) mass is 268 g/mol. The third-order valence-electron chi connectivity index (χ3n) is 1.96. The zero-order valence-corrected chi connectivity index (χ0v) is 11.4. The molecule has 18 heavy (non-hydrogen) atoms. The van der Waals surface area contributed by atoms with E-state index in [1.165, 1.54) is 24.5 Å². The van der Waals surface area contributed by atoms with Crippen LogP contribution in [0.2, 0.25) is 0 Å². The topological polar surface area (TPSA) is 88.7 Å². The van der Waals surface area contributed by atoms with Gasteiger partial charge >= 0.3 is 0 Å². The second-order valence-electron chi connectivity index (χ2n) is 3.29. The summed E-state index contributed by atoms with van der Waals surface area (Å²) in [6.07, 6.45) is 3.00. The van der Waals surface area contributed by atoms with E-state index in [0.29, 0.717) is 16.7 Å². The van der Waals surface area contributed by atoms with Crippen LogP contribution in [-0.2, 0) is 0 Å². The van der Waals surface area contributed by atoms with Gasteiger partial charge in [-0.15, -0.1) is 0 Å². The number of nitrogens with one attached hydrogen (secondary N) is 1. The molecule has 1 rings (SSSR count). The van der Waals surface area contributed by atoms with E-state index in [1.807, 2.05) is 6.92 Å². The van der Waals surface area contributed by atoms with Gasteiger partial charge in [0.2, 0.25) is 5.88 Å². The molecule has 8 heteroatoms. The van der Waals surface area contributed by atoms with Crippen LogP contribution < -0.4 is 15.8 Å². The van der Waals surface area contributed by atoms with Gasteiger partial charge in [-0.2, -0.15) is 5.10 Å². The SMILES string of the molecule is CCNC(=S)N(C)/N=C(/N)c1cncc(OC)n1. The number of nitrogens with two attached hydrogens (primary N) is 1. The Labute approximate surface area is 111 Å². The predicted octanol–water partition coefficient (Wildman–Crippen LogP) is -0.0683. The fraction of sp³-hybridized carbons (Fsp3) is 0.400. The Balaban J connectivity index is 2.84. The van der Waals surface area contributed by atoms with Crippen LogP contribution in [0.4, 0.5) is 0 Å². The van der Waals surface area contributed by atoms with Crippen molar-refractivity contribution in [1.29, 1.82) is 0 Å². The van der Waals surface area contributed by atoms with Gasteiger partial charge < -0.3 is 15.8 Å². The van der Waals surface area contributed by atoms with Crippen molar-refractivity contribution < 1.29 is 4.74 Å². The molecular formula is C10H16N6OS. The molecule has 0 fully saturated rings. The van der Waals surface area contributed by atoms with E-state index in [4.69, 9.17) is 22.7 Å². The molecule has 0 spiro atoms. The molecule has 1 heterocycles. The van der Waals surface area contributed by atoms with Crippen molar-refractivity contribution in [2.75, 3.05) is 20.7 Å². The minimum atomic E-state index is 0.212. The molecule has 98 valence electrons. The van der Waals surface area contributed by atoms with Crippen molar-refractivity contribution in [3.63, 3.8) is 0 Å². The number of amidine groups is 1. The standard InChI is InChI=1S/C10H16N6OS/c1-4-13-10(18)16(2)15-9(11)7-5-12-6-8(14-7)17-3/h5-6H,4H2,1-3H3,(H2,11,15)(H,13,18). The maximum absolute atomic E-state index is 5.82. The Morgan fingerprint density at radius 3 is 2.94 bits per heavy atom. The average Bonchev–Trinajstić information content (AvgIpc) is 2.39. The van der Waals surface area contributed by atoms with E-state index in [1.54, 1.807) is 7.05 Å². The summed E-state index contributed by atoms with van der Waals surface area (Å²) in [4.78, 5) is 8.07. The fourth-order valence-electron chi connectivity index (χ4n) is 1.09. The van der Waals surface area contributed by atoms with Crippen LogP contribution in [0.25, 0.3) is 0 Å². The summed E-state index contributed by atoms with van der Waals surface area (Å²) in [5.74, 6) is 0.590. The van der Waals surface area contributed by atoms with E-state index in [9.17, 15) is 0 Å². The summed E-state index contributed by atoms with van der Waals surface area (Å²) in [7, 11) is 3.21. The van der Waals surface area contributed by atoms with Crippen LogP contribution in [0.1, 0.15) is 12.6 Å². The van der Waals surface area contributed by atoms with Crippen LogP contribution in [0.5, 0.6) is 5.88 Å². The molecule has 0 bridgehead atoms. The third-order valence-corrected chi connectivity index (χ3v) is 2.37. The zero-order valence-electron chi connectivity index (χ0n) is 10.5. The molecule has 0 saturated heterocycles. The zero-order chi connectivity index (χ0) is 13.5. The third kappa shape index (κ3) is 3.81. The van der Waals surface area contributed by atoms with Gasteiger partial charge in [0.1, 0.15) is 5.69 Å². The van der Waals surface area contributed by atoms with Gasteiger partial charge in [0.15, 0.2) is 10.9 Å². The maximum atomic E-state index is 5.82. The summed E-state index contributed by atoms with van der Waals surface area (Å²) in [5.41, 5.74) is 6.25. The molecule has 7 nitrogen and oxygen atoms in total. The second kappa shape index (κ2) is 6.70. The number of hydrogen-bond acceptors (Lipinski definition) is 5. The summed E-state index contributed by atoms with van der Waals surface area (Å²) < 4.78 is 4.96. The summed E-state index contributed by atoms with van der Waals surface area (Å²) >= 11 is 5.08. The fourth-order valence-corrected chi connectivity index (χ4v) is 1.28. The Hall–Kier alpha value is -1.96. The molecule has 0 saturated carbocycles. The van der Waals surface area contributed by atoms with Crippen LogP contribution in [-0.4, -0.2) is 46.6 Å². The molecule has 0 amide bonds. The van der Waals surface area contributed by atoms with Gasteiger partial charge in [0.05, 0.1) is 19.5 Å². The van der Waals surface area contributed by atoms with Crippen molar-refractivity contribution in [2.45, 2.75) is 6.92 Å². The van der Waals surface area contributed by atoms with E-state index >= 15 is 0 Å². The first-order valence-electron chi connectivity index (χ1n) is 5.30. The molecule has 0 unspecified atom stereocenters. The Bertz CT molecular complexity index is 450. The summed E-state index contributed by atoms with van der Waals surface area (Å²) in [6, 6.07) is 0. The quantitative estimate of drug-likeness (QED) is 0.342. The highest BCUT2D eigenvalue weighted by Gasteiger charge is 2.06. The Kier molecular flexibility index (Phi) is 5.25. The summed E-state index contributed by atoms with van der Waals surface area (Å²) in [6.45, 7) is 2.66. The Morgan fingerprint density at radius 2 is 2.33 bits per heavy atom. The molecular weight excluding hydrogens is 252 g/mol. The number of thiocarbonyl (C=S) groups is 1. The lowest BCUT2D eigenvalue weighted by atomic mass is 10.4. The van der Waals surface area contributed by atoms with Gasteiger partial charge in [-0.3, -0.25) is 4.98 Å². The van der Waals surface area contributed by atoms with Crippen LogP contribution in [0.15, 0.2) is 17.5 Å². The number of methoxy groups -OCH3 is 1.